The van der Waals surface area contributed by atoms with Gasteiger partial charge in [0.25, 0.3) is 5.91 Å². The Labute approximate surface area is 132 Å². The Balaban J connectivity index is 2.00. The van der Waals surface area contributed by atoms with Crippen molar-refractivity contribution in [1.29, 1.82) is 0 Å². The number of aliphatic hydroxyl groups is 1. The van der Waals surface area contributed by atoms with E-state index in [1.807, 2.05) is 12.1 Å². The highest BCUT2D eigenvalue weighted by Gasteiger charge is 2.40. The van der Waals surface area contributed by atoms with Gasteiger partial charge in [0.15, 0.2) is 0 Å². The smallest absolute Gasteiger partial charge is 0.256 e. The third-order valence-corrected chi connectivity index (χ3v) is 4.14. The van der Waals surface area contributed by atoms with Gasteiger partial charge in [-0.1, -0.05) is 35.3 Å². The lowest BCUT2D eigenvalue weighted by Gasteiger charge is -2.25. The topological polar surface area (TPSA) is 40.5 Å². The van der Waals surface area contributed by atoms with E-state index >= 15 is 0 Å². The molecule has 1 aliphatic rings. The van der Waals surface area contributed by atoms with Gasteiger partial charge >= 0.3 is 0 Å². The SMILES string of the molecule is O=C1C(O)CC(c2ccc(Cl)cc2)N1c1ccc(Cl)cc1. The first kappa shape index (κ1) is 14.4. The van der Waals surface area contributed by atoms with Crippen molar-refractivity contribution in [3.05, 3.63) is 64.1 Å². The third kappa shape index (κ3) is 2.77. The zero-order valence-electron chi connectivity index (χ0n) is 11.0. The molecule has 0 radical (unpaired) electrons. The van der Waals surface area contributed by atoms with Gasteiger partial charge in [-0.25, -0.2) is 0 Å². The van der Waals surface area contributed by atoms with Crippen molar-refractivity contribution in [2.75, 3.05) is 4.90 Å². The summed E-state index contributed by atoms with van der Waals surface area (Å²) >= 11 is 11.8. The minimum absolute atomic E-state index is 0.203. The molecule has 21 heavy (non-hydrogen) atoms. The first-order valence-electron chi connectivity index (χ1n) is 6.58. The zero-order valence-corrected chi connectivity index (χ0v) is 12.6. The molecule has 0 spiro atoms. The fraction of sp³-hybridized carbons (Fsp3) is 0.188. The van der Waals surface area contributed by atoms with E-state index in [9.17, 15) is 9.90 Å². The van der Waals surface area contributed by atoms with Gasteiger partial charge in [-0.05, 0) is 42.0 Å². The van der Waals surface area contributed by atoms with Crippen LogP contribution in [0.3, 0.4) is 0 Å². The zero-order chi connectivity index (χ0) is 15.0. The maximum Gasteiger partial charge on any atom is 0.256 e. The molecule has 2 aromatic carbocycles. The van der Waals surface area contributed by atoms with E-state index in [4.69, 9.17) is 23.2 Å². The second kappa shape index (κ2) is 5.68. The molecule has 1 aliphatic heterocycles. The number of halogens is 2. The standard InChI is InChI=1S/C16H13Cl2NO2/c17-11-3-1-10(2-4-11)14-9-15(20)16(21)19(14)13-7-5-12(18)6-8-13/h1-8,14-15,20H,9H2. The van der Waals surface area contributed by atoms with Crippen LogP contribution in [-0.2, 0) is 4.79 Å². The maximum atomic E-state index is 12.3. The summed E-state index contributed by atoms with van der Waals surface area (Å²) in [7, 11) is 0. The minimum atomic E-state index is -0.985. The van der Waals surface area contributed by atoms with Crippen molar-refractivity contribution >= 4 is 34.8 Å². The quantitative estimate of drug-likeness (QED) is 0.913. The summed E-state index contributed by atoms with van der Waals surface area (Å²) in [6.45, 7) is 0. The molecule has 0 bridgehead atoms. The monoisotopic (exact) mass is 321 g/mol. The fourth-order valence-corrected chi connectivity index (χ4v) is 2.86. The highest BCUT2D eigenvalue weighted by atomic mass is 35.5. The number of anilines is 1. The van der Waals surface area contributed by atoms with Crippen LogP contribution in [0.1, 0.15) is 18.0 Å². The van der Waals surface area contributed by atoms with Gasteiger partial charge in [-0.2, -0.15) is 0 Å². The lowest BCUT2D eigenvalue weighted by molar-refractivity contribution is -0.124. The minimum Gasteiger partial charge on any atom is -0.383 e. The Bertz CT molecular complexity index is 655. The second-order valence-electron chi connectivity index (χ2n) is 5.00. The van der Waals surface area contributed by atoms with Gasteiger partial charge in [-0.15, -0.1) is 0 Å². The highest BCUT2D eigenvalue weighted by Crippen LogP contribution is 2.37. The van der Waals surface area contributed by atoms with Crippen molar-refractivity contribution in [3.8, 4) is 0 Å². The molecule has 1 heterocycles. The average Bonchev–Trinajstić information content (AvgIpc) is 2.77. The molecular weight excluding hydrogens is 309 g/mol. The van der Waals surface area contributed by atoms with Crippen LogP contribution in [0.15, 0.2) is 48.5 Å². The number of carbonyl (C=O) groups is 1. The number of nitrogens with zero attached hydrogens (tertiary/aromatic N) is 1. The van der Waals surface area contributed by atoms with E-state index in [0.717, 1.165) is 11.3 Å². The molecule has 108 valence electrons. The number of benzene rings is 2. The molecule has 0 aliphatic carbocycles. The second-order valence-corrected chi connectivity index (χ2v) is 5.88. The van der Waals surface area contributed by atoms with Gasteiger partial charge in [0.1, 0.15) is 6.10 Å². The number of rotatable bonds is 2. The Hall–Kier alpha value is -1.55. The molecule has 1 amide bonds. The number of hydrogen-bond donors (Lipinski definition) is 1. The normalized spacial score (nSPS) is 21.9. The van der Waals surface area contributed by atoms with E-state index in [0.29, 0.717) is 16.5 Å². The van der Waals surface area contributed by atoms with Crippen molar-refractivity contribution in [3.63, 3.8) is 0 Å². The Morgan fingerprint density at radius 2 is 1.48 bits per heavy atom. The molecular formula is C16H13Cl2NO2. The van der Waals surface area contributed by atoms with Crippen LogP contribution >= 0.6 is 23.2 Å². The van der Waals surface area contributed by atoms with Crippen LogP contribution < -0.4 is 4.90 Å². The molecule has 2 aromatic rings. The van der Waals surface area contributed by atoms with Gasteiger partial charge in [0.05, 0.1) is 6.04 Å². The molecule has 1 fully saturated rings. The summed E-state index contributed by atoms with van der Waals surface area (Å²) in [6, 6.07) is 14.1. The van der Waals surface area contributed by atoms with Crippen LogP contribution in [0, 0.1) is 0 Å². The predicted molar refractivity (Wildman–Crippen MR) is 83.8 cm³/mol. The first-order chi connectivity index (χ1) is 10.1. The highest BCUT2D eigenvalue weighted by molar-refractivity contribution is 6.30. The van der Waals surface area contributed by atoms with Gasteiger partial charge < -0.3 is 10.0 Å². The van der Waals surface area contributed by atoms with E-state index in [1.54, 1.807) is 41.3 Å². The summed E-state index contributed by atoms with van der Waals surface area (Å²) < 4.78 is 0. The molecule has 2 atom stereocenters. The molecule has 0 aromatic heterocycles. The lowest BCUT2D eigenvalue weighted by Crippen LogP contribution is -2.30. The van der Waals surface area contributed by atoms with Crippen LogP contribution in [0.4, 0.5) is 5.69 Å². The van der Waals surface area contributed by atoms with Gasteiger partial charge in [-0.3, -0.25) is 4.79 Å². The van der Waals surface area contributed by atoms with Crippen LogP contribution in [0.5, 0.6) is 0 Å². The van der Waals surface area contributed by atoms with Crippen LogP contribution in [0.2, 0.25) is 10.0 Å². The summed E-state index contributed by atoms with van der Waals surface area (Å²) in [5.41, 5.74) is 1.67. The van der Waals surface area contributed by atoms with E-state index < -0.39 is 6.10 Å². The summed E-state index contributed by atoms with van der Waals surface area (Å²) in [6.07, 6.45) is -0.621. The van der Waals surface area contributed by atoms with Gasteiger partial charge in [0, 0.05) is 22.2 Å². The molecule has 5 heteroatoms. The number of hydrogen-bond acceptors (Lipinski definition) is 2. The van der Waals surface area contributed by atoms with E-state index in [-0.39, 0.29) is 11.9 Å². The molecule has 1 N–H and O–H groups in total. The van der Waals surface area contributed by atoms with Crippen molar-refractivity contribution in [2.45, 2.75) is 18.6 Å². The number of amides is 1. The third-order valence-electron chi connectivity index (χ3n) is 3.64. The van der Waals surface area contributed by atoms with E-state index in [2.05, 4.69) is 0 Å². The fourth-order valence-electron chi connectivity index (χ4n) is 2.61. The molecule has 2 unspecified atom stereocenters. The van der Waals surface area contributed by atoms with E-state index in [1.165, 1.54) is 0 Å². The Morgan fingerprint density at radius 3 is 2.05 bits per heavy atom. The summed E-state index contributed by atoms with van der Waals surface area (Å²) in [4.78, 5) is 13.9. The van der Waals surface area contributed by atoms with Crippen molar-refractivity contribution in [2.24, 2.45) is 0 Å². The average molecular weight is 322 g/mol. The predicted octanol–water partition coefficient (Wildman–Crippen LogP) is 3.83. The number of aliphatic hydroxyl groups excluding tert-OH is 1. The summed E-state index contributed by atoms with van der Waals surface area (Å²) in [5.74, 6) is -0.294. The first-order valence-corrected chi connectivity index (χ1v) is 7.34. The van der Waals surface area contributed by atoms with Crippen LogP contribution in [0.25, 0.3) is 0 Å². The molecule has 3 nitrogen and oxygen atoms in total. The van der Waals surface area contributed by atoms with Crippen LogP contribution in [-0.4, -0.2) is 17.1 Å². The van der Waals surface area contributed by atoms with Crippen molar-refractivity contribution < 1.29 is 9.90 Å². The van der Waals surface area contributed by atoms with Gasteiger partial charge in [0.2, 0.25) is 0 Å². The molecule has 3 rings (SSSR count). The number of carbonyl (C=O) groups excluding carboxylic acids is 1. The van der Waals surface area contributed by atoms with Crippen molar-refractivity contribution in [1.82, 2.24) is 0 Å². The lowest BCUT2D eigenvalue weighted by atomic mass is 10.0. The maximum absolute atomic E-state index is 12.3. The Morgan fingerprint density at radius 1 is 0.952 bits per heavy atom. The summed E-state index contributed by atoms with van der Waals surface area (Å²) in [5, 5.41) is 11.2. The Kier molecular flexibility index (Phi) is 3.89. The largest absolute Gasteiger partial charge is 0.383 e. The molecule has 1 saturated heterocycles. The molecule has 0 saturated carbocycles.